The van der Waals surface area contributed by atoms with Crippen molar-refractivity contribution < 1.29 is 24.0 Å². The van der Waals surface area contributed by atoms with Crippen molar-refractivity contribution in [2.75, 3.05) is 32.1 Å². The number of nitrogens with two attached hydrogens (primary N) is 1. The number of unbranched alkanes of at least 4 members (excludes halogenated alkanes) is 2. The molecule has 0 aliphatic carbocycles. The number of alkyl carbamates (subject to hydrolysis) is 1. The SMILES string of the molecule is CN(C)c1ncnc2c1[nH]c[n+]2CCCCCOC(=O)N[C@H](CCCN)C(=O)O. The number of carbonyl (C=O) groups is 2. The predicted octanol–water partition coefficient (Wildman–Crippen LogP) is 0.400. The standard InChI is InChI=1S/C18H29N7O4/c1-24(2)15-14-16(21-11-20-15)25(12-22-14)9-4-3-5-10-29-18(28)23-13(17(26)27)7-6-8-19/h11-13H,3-10,19H2,1-2H3,(H2,23,26,27,28)/p+1/t13-/m1/s1. The van der Waals surface area contributed by atoms with Crippen LogP contribution in [-0.2, 0) is 16.1 Å². The van der Waals surface area contributed by atoms with Gasteiger partial charge in [0, 0.05) is 14.1 Å². The van der Waals surface area contributed by atoms with Gasteiger partial charge in [-0.3, -0.25) is 4.98 Å². The first-order valence-corrected chi connectivity index (χ1v) is 9.69. The number of rotatable bonds is 12. The summed E-state index contributed by atoms with van der Waals surface area (Å²) >= 11 is 0. The molecule has 0 spiro atoms. The number of aryl methyl sites for hydroxylation is 1. The van der Waals surface area contributed by atoms with Gasteiger partial charge < -0.3 is 25.8 Å². The molecule has 0 fully saturated rings. The summed E-state index contributed by atoms with van der Waals surface area (Å²) in [5, 5.41) is 11.4. The zero-order valence-corrected chi connectivity index (χ0v) is 16.9. The average Bonchev–Trinajstić information content (AvgIpc) is 3.10. The molecule has 160 valence electrons. The molecule has 29 heavy (non-hydrogen) atoms. The number of aliphatic carboxylic acids is 1. The average molecular weight is 408 g/mol. The fraction of sp³-hybridized carbons (Fsp3) is 0.611. The van der Waals surface area contributed by atoms with Gasteiger partial charge in [0.25, 0.3) is 0 Å². The molecule has 0 unspecified atom stereocenters. The van der Waals surface area contributed by atoms with Crippen molar-refractivity contribution >= 4 is 29.0 Å². The smallest absolute Gasteiger partial charge is 0.407 e. The van der Waals surface area contributed by atoms with Gasteiger partial charge in [-0.25, -0.2) is 14.2 Å². The molecule has 0 saturated heterocycles. The maximum absolute atomic E-state index is 11.7. The van der Waals surface area contributed by atoms with Crippen LogP contribution in [0.25, 0.3) is 11.2 Å². The van der Waals surface area contributed by atoms with Crippen LogP contribution in [-0.4, -0.2) is 65.4 Å². The molecule has 2 heterocycles. The number of amides is 1. The lowest BCUT2D eigenvalue weighted by molar-refractivity contribution is -0.673. The largest absolute Gasteiger partial charge is 0.480 e. The third kappa shape index (κ3) is 6.56. The second-order valence-corrected chi connectivity index (χ2v) is 6.92. The molecule has 0 radical (unpaired) electrons. The van der Waals surface area contributed by atoms with Gasteiger partial charge in [-0.15, -0.1) is 0 Å². The lowest BCUT2D eigenvalue weighted by atomic mass is 10.1. The highest BCUT2D eigenvalue weighted by Gasteiger charge is 2.20. The molecule has 0 bridgehead atoms. The summed E-state index contributed by atoms with van der Waals surface area (Å²) < 4.78 is 7.10. The minimum atomic E-state index is -1.09. The number of carboxylic acid groups (broad SMARTS) is 1. The summed E-state index contributed by atoms with van der Waals surface area (Å²) in [6.45, 7) is 1.38. The third-order valence-electron chi connectivity index (χ3n) is 4.43. The van der Waals surface area contributed by atoms with Crippen LogP contribution in [0.1, 0.15) is 32.1 Å². The van der Waals surface area contributed by atoms with Crippen LogP contribution in [0.5, 0.6) is 0 Å². The van der Waals surface area contributed by atoms with Crippen molar-refractivity contribution in [3.8, 4) is 0 Å². The number of nitrogens with one attached hydrogen (secondary N) is 2. The topological polar surface area (TPSA) is 150 Å². The highest BCUT2D eigenvalue weighted by Crippen LogP contribution is 2.16. The van der Waals surface area contributed by atoms with E-state index in [1.807, 2.05) is 29.9 Å². The van der Waals surface area contributed by atoms with Gasteiger partial charge in [0.05, 0.1) is 13.2 Å². The van der Waals surface area contributed by atoms with Crippen LogP contribution in [0.4, 0.5) is 10.6 Å². The molecule has 2 aromatic rings. The Morgan fingerprint density at radius 1 is 1.31 bits per heavy atom. The monoisotopic (exact) mass is 408 g/mol. The lowest BCUT2D eigenvalue weighted by Gasteiger charge is -2.14. The summed E-state index contributed by atoms with van der Waals surface area (Å²) in [4.78, 5) is 36.6. The number of carboxylic acids is 1. The Morgan fingerprint density at radius 2 is 2.10 bits per heavy atom. The van der Waals surface area contributed by atoms with Crippen LogP contribution < -0.4 is 20.5 Å². The van der Waals surface area contributed by atoms with Gasteiger partial charge in [-0.1, -0.05) is 4.98 Å². The maximum Gasteiger partial charge on any atom is 0.407 e. The fourth-order valence-electron chi connectivity index (χ4n) is 2.92. The van der Waals surface area contributed by atoms with Crippen molar-refractivity contribution in [2.45, 2.75) is 44.7 Å². The number of ether oxygens (including phenoxy) is 1. The van der Waals surface area contributed by atoms with Crippen molar-refractivity contribution in [2.24, 2.45) is 5.73 Å². The van der Waals surface area contributed by atoms with Crippen molar-refractivity contribution in [3.63, 3.8) is 0 Å². The Kier molecular flexibility index (Phi) is 8.59. The molecule has 1 atom stereocenters. The second kappa shape index (κ2) is 11.1. The first-order chi connectivity index (χ1) is 13.9. The van der Waals surface area contributed by atoms with E-state index in [1.54, 1.807) is 6.33 Å². The number of fused-ring (bicyclic) bond motifs is 1. The number of hydrogen-bond acceptors (Lipinski definition) is 7. The zero-order valence-electron chi connectivity index (χ0n) is 16.9. The molecule has 0 aliphatic rings. The molecule has 0 saturated carbocycles. The summed E-state index contributed by atoms with van der Waals surface area (Å²) in [7, 11) is 3.86. The van der Waals surface area contributed by atoms with E-state index >= 15 is 0 Å². The number of nitrogens with zero attached hydrogens (tertiary/aromatic N) is 4. The molecule has 5 N–H and O–H groups in total. The van der Waals surface area contributed by atoms with Crippen molar-refractivity contribution in [3.05, 3.63) is 12.7 Å². The Hall–Kier alpha value is -2.95. The quantitative estimate of drug-likeness (QED) is 0.291. The van der Waals surface area contributed by atoms with E-state index in [1.165, 1.54) is 0 Å². The van der Waals surface area contributed by atoms with E-state index in [-0.39, 0.29) is 13.0 Å². The molecule has 11 nitrogen and oxygen atoms in total. The number of aromatic nitrogens is 4. The van der Waals surface area contributed by atoms with Gasteiger partial charge in [0.1, 0.15) is 6.04 Å². The van der Waals surface area contributed by atoms with E-state index < -0.39 is 18.1 Å². The van der Waals surface area contributed by atoms with Crippen LogP contribution in [0.3, 0.4) is 0 Å². The van der Waals surface area contributed by atoms with Gasteiger partial charge in [-0.2, -0.15) is 4.98 Å². The van der Waals surface area contributed by atoms with Crippen LogP contribution >= 0.6 is 0 Å². The number of aromatic amines is 1. The highest BCUT2D eigenvalue weighted by atomic mass is 16.5. The van der Waals surface area contributed by atoms with Crippen molar-refractivity contribution in [1.29, 1.82) is 0 Å². The minimum Gasteiger partial charge on any atom is -0.480 e. The van der Waals surface area contributed by atoms with E-state index in [9.17, 15) is 9.59 Å². The van der Waals surface area contributed by atoms with Gasteiger partial charge in [0.2, 0.25) is 5.52 Å². The summed E-state index contributed by atoms with van der Waals surface area (Å²) in [5.41, 5.74) is 7.10. The van der Waals surface area contributed by atoms with Crippen LogP contribution in [0.15, 0.2) is 12.7 Å². The number of carbonyl (C=O) groups excluding carboxylic acids is 1. The number of H-pyrrole nitrogens is 1. The molecule has 11 heteroatoms. The third-order valence-corrected chi connectivity index (χ3v) is 4.43. The van der Waals surface area contributed by atoms with E-state index in [4.69, 9.17) is 15.6 Å². The predicted molar refractivity (Wildman–Crippen MR) is 106 cm³/mol. The molecular weight excluding hydrogens is 378 g/mol. The Balaban J connectivity index is 1.70. The van der Waals surface area contributed by atoms with Crippen molar-refractivity contribution in [1.82, 2.24) is 20.3 Å². The summed E-state index contributed by atoms with van der Waals surface area (Å²) in [6.07, 6.45) is 5.94. The molecular formula is C18H30N7O4+. The van der Waals surface area contributed by atoms with Crippen LogP contribution in [0, 0.1) is 0 Å². The minimum absolute atomic E-state index is 0.237. The lowest BCUT2D eigenvalue weighted by Crippen LogP contribution is -2.41. The van der Waals surface area contributed by atoms with Gasteiger partial charge >= 0.3 is 17.7 Å². The van der Waals surface area contributed by atoms with E-state index in [2.05, 4.69) is 20.3 Å². The van der Waals surface area contributed by atoms with Gasteiger partial charge in [0.15, 0.2) is 18.5 Å². The van der Waals surface area contributed by atoms with E-state index in [0.29, 0.717) is 19.4 Å². The molecule has 0 aromatic carbocycles. The Labute approximate surface area is 169 Å². The Bertz CT molecular complexity index is 809. The number of anilines is 1. The highest BCUT2D eigenvalue weighted by molar-refractivity contribution is 5.80. The number of imidazole rings is 1. The molecule has 0 aliphatic heterocycles. The first-order valence-electron chi connectivity index (χ1n) is 9.69. The fourth-order valence-corrected chi connectivity index (χ4v) is 2.92. The molecule has 2 rings (SSSR count). The maximum atomic E-state index is 11.7. The molecule has 1 amide bonds. The van der Waals surface area contributed by atoms with Crippen LogP contribution in [0.2, 0.25) is 0 Å². The number of hydrogen-bond donors (Lipinski definition) is 4. The van der Waals surface area contributed by atoms with E-state index in [0.717, 1.165) is 36.4 Å². The normalized spacial score (nSPS) is 12.0. The first kappa shape index (κ1) is 22.3. The van der Waals surface area contributed by atoms with Gasteiger partial charge in [-0.05, 0) is 38.6 Å². The zero-order chi connectivity index (χ0) is 21.2. The molecule has 2 aromatic heterocycles. The summed E-state index contributed by atoms with van der Waals surface area (Å²) in [6, 6.07) is -0.974. The summed E-state index contributed by atoms with van der Waals surface area (Å²) in [5.74, 6) is -0.258. The second-order valence-electron chi connectivity index (χ2n) is 6.92. The Morgan fingerprint density at radius 3 is 2.79 bits per heavy atom.